The number of hydrogen-bond acceptors (Lipinski definition) is 2. The van der Waals surface area contributed by atoms with Gasteiger partial charge in [-0.2, -0.15) is 0 Å². The van der Waals surface area contributed by atoms with E-state index in [4.69, 9.17) is 5.73 Å². The van der Waals surface area contributed by atoms with E-state index in [-0.39, 0.29) is 6.04 Å². The quantitative estimate of drug-likeness (QED) is 0.910. The van der Waals surface area contributed by atoms with Crippen LogP contribution in [-0.2, 0) is 6.54 Å². The minimum Gasteiger partial charge on any atom is -0.326 e. The molecule has 0 saturated heterocycles. The van der Waals surface area contributed by atoms with Crippen molar-refractivity contribution in [2.75, 3.05) is 7.05 Å². The standard InChI is InChI=1S/C15H17BrN2/c1-18-15(13-6-8-14(16)9-7-13)12-4-2-11(10-17)3-5-12/h2-9,15,18H,10,17H2,1H3. The molecular weight excluding hydrogens is 288 g/mol. The van der Waals surface area contributed by atoms with E-state index in [1.54, 1.807) is 0 Å². The highest BCUT2D eigenvalue weighted by molar-refractivity contribution is 9.10. The van der Waals surface area contributed by atoms with Crippen molar-refractivity contribution in [3.63, 3.8) is 0 Å². The van der Waals surface area contributed by atoms with Crippen LogP contribution in [-0.4, -0.2) is 7.05 Å². The second kappa shape index (κ2) is 6.14. The molecule has 3 N–H and O–H groups in total. The third kappa shape index (κ3) is 2.99. The van der Waals surface area contributed by atoms with Crippen LogP contribution in [0.15, 0.2) is 53.0 Å². The summed E-state index contributed by atoms with van der Waals surface area (Å²) in [4.78, 5) is 0. The summed E-state index contributed by atoms with van der Waals surface area (Å²) in [6.07, 6.45) is 0. The van der Waals surface area contributed by atoms with Crippen molar-refractivity contribution >= 4 is 15.9 Å². The van der Waals surface area contributed by atoms with Gasteiger partial charge in [-0.15, -0.1) is 0 Å². The SMILES string of the molecule is CNC(c1ccc(Br)cc1)c1ccc(CN)cc1. The maximum absolute atomic E-state index is 5.62. The Balaban J connectivity index is 2.29. The minimum atomic E-state index is 0.213. The van der Waals surface area contributed by atoms with Crippen molar-refractivity contribution < 1.29 is 0 Å². The van der Waals surface area contributed by atoms with E-state index < -0.39 is 0 Å². The first-order valence-corrected chi connectivity index (χ1v) is 6.75. The van der Waals surface area contributed by atoms with Crippen molar-refractivity contribution in [2.45, 2.75) is 12.6 Å². The van der Waals surface area contributed by atoms with Crippen LogP contribution < -0.4 is 11.1 Å². The average Bonchev–Trinajstić information content (AvgIpc) is 2.42. The minimum absolute atomic E-state index is 0.213. The molecule has 0 radical (unpaired) electrons. The molecule has 0 aliphatic heterocycles. The van der Waals surface area contributed by atoms with Crippen LogP contribution in [0.25, 0.3) is 0 Å². The second-order valence-corrected chi connectivity index (χ2v) is 5.13. The summed E-state index contributed by atoms with van der Waals surface area (Å²) in [7, 11) is 1.98. The molecule has 0 fully saturated rings. The van der Waals surface area contributed by atoms with Gasteiger partial charge in [-0.3, -0.25) is 0 Å². The maximum Gasteiger partial charge on any atom is 0.0574 e. The predicted octanol–water partition coefficient (Wildman–Crippen LogP) is 3.22. The zero-order chi connectivity index (χ0) is 13.0. The molecule has 2 rings (SSSR count). The third-order valence-electron chi connectivity index (χ3n) is 3.04. The van der Waals surface area contributed by atoms with Crippen LogP contribution in [0.4, 0.5) is 0 Å². The molecule has 0 aromatic heterocycles. The highest BCUT2D eigenvalue weighted by Gasteiger charge is 2.11. The van der Waals surface area contributed by atoms with Gasteiger partial charge in [-0.1, -0.05) is 52.3 Å². The van der Waals surface area contributed by atoms with E-state index in [2.05, 4.69) is 69.8 Å². The molecule has 2 nitrogen and oxygen atoms in total. The molecule has 1 unspecified atom stereocenters. The van der Waals surface area contributed by atoms with Gasteiger partial charge >= 0.3 is 0 Å². The summed E-state index contributed by atoms with van der Waals surface area (Å²) < 4.78 is 1.10. The molecular formula is C15H17BrN2. The van der Waals surface area contributed by atoms with Crippen LogP contribution in [0.3, 0.4) is 0 Å². The van der Waals surface area contributed by atoms with Crippen LogP contribution in [0.1, 0.15) is 22.7 Å². The lowest BCUT2D eigenvalue weighted by atomic mass is 9.98. The number of nitrogens with one attached hydrogen (secondary N) is 1. The van der Waals surface area contributed by atoms with E-state index in [0.717, 1.165) is 10.0 Å². The van der Waals surface area contributed by atoms with Crippen LogP contribution in [0.5, 0.6) is 0 Å². The maximum atomic E-state index is 5.62. The van der Waals surface area contributed by atoms with Crippen LogP contribution in [0.2, 0.25) is 0 Å². The number of halogens is 1. The molecule has 0 saturated carbocycles. The van der Waals surface area contributed by atoms with Gasteiger partial charge in [-0.25, -0.2) is 0 Å². The monoisotopic (exact) mass is 304 g/mol. The van der Waals surface area contributed by atoms with Gasteiger partial charge in [0.15, 0.2) is 0 Å². The smallest absolute Gasteiger partial charge is 0.0574 e. The van der Waals surface area contributed by atoms with E-state index >= 15 is 0 Å². The van der Waals surface area contributed by atoms with Crippen LogP contribution >= 0.6 is 15.9 Å². The van der Waals surface area contributed by atoms with Crippen LogP contribution in [0, 0.1) is 0 Å². The Morgan fingerprint density at radius 1 is 1.00 bits per heavy atom. The van der Waals surface area contributed by atoms with E-state index in [1.165, 1.54) is 11.1 Å². The third-order valence-corrected chi connectivity index (χ3v) is 3.57. The molecule has 0 aliphatic carbocycles. The van der Waals surface area contributed by atoms with E-state index in [1.807, 2.05) is 7.05 Å². The summed E-state index contributed by atoms with van der Waals surface area (Å²) >= 11 is 3.46. The van der Waals surface area contributed by atoms with E-state index in [9.17, 15) is 0 Å². The molecule has 0 bridgehead atoms. The summed E-state index contributed by atoms with van der Waals surface area (Å²) in [6, 6.07) is 17.0. The average molecular weight is 305 g/mol. The Labute approximate surface area is 116 Å². The number of rotatable bonds is 4. The lowest BCUT2D eigenvalue weighted by Crippen LogP contribution is -2.17. The fourth-order valence-corrected chi connectivity index (χ4v) is 2.29. The molecule has 2 aromatic carbocycles. The van der Waals surface area contributed by atoms with Crippen molar-refractivity contribution in [1.82, 2.24) is 5.32 Å². The fraction of sp³-hybridized carbons (Fsp3) is 0.200. The first-order valence-electron chi connectivity index (χ1n) is 5.96. The largest absolute Gasteiger partial charge is 0.326 e. The lowest BCUT2D eigenvalue weighted by molar-refractivity contribution is 0.691. The molecule has 3 heteroatoms. The molecule has 0 aliphatic rings. The molecule has 94 valence electrons. The van der Waals surface area contributed by atoms with Gasteiger partial charge in [0.1, 0.15) is 0 Å². The molecule has 0 amide bonds. The van der Waals surface area contributed by atoms with Gasteiger partial charge < -0.3 is 11.1 Å². The van der Waals surface area contributed by atoms with E-state index in [0.29, 0.717) is 6.54 Å². The zero-order valence-corrected chi connectivity index (χ0v) is 11.9. The number of hydrogen-bond donors (Lipinski definition) is 2. The molecule has 0 heterocycles. The molecule has 0 spiro atoms. The summed E-state index contributed by atoms with van der Waals surface area (Å²) in [5.41, 5.74) is 9.27. The van der Waals surface area contributed by atoms with Gasteiger partial charge in [0.25, 0.3) is 0 Å². The Hall–Kier alpha value is -1.16. The Kier molecular flexibility index (Phi) is 4.53. The normalized spacial score (nSPS) is 12.4. The Morgan fingerprint density at radius 2 is 1.50 bits per heavy atom. The second-order valence-electron chi connectivity index (χ2n) is 4.22. The first kappa shape index (κ1) is 13.3. The Morgan fingerprint density at radius 3 is 1.94 bits per heavy atom. The fourth-order valence-electron chi connectivity index (χ4n) is 2.03. The van der Waals surface area contributed by atoms with Gasteiger partial charge in [-0.05, 0) is 35.9 Å². The highest BCUT2D eigenvalue weighted by atomic mass is 79.9. The Bertz CT molecular complexity index is 491. The number of nitrogens with two attached hydrogens (primary N) is 1. The summed E-state index contributed by atoms with van der Waals surface area (Å²) in [5, 5.41) is 3.35. The molecule has 18 heavy (non-hydrogen) atoms. The highest BCUT2D eigenvalue weighted by Crippen LogP contribution is 2.23. The zero-order valence-electron chi connectivity index (χ0n) is 10.4. The lowest BCUT2D eigenvalue weighted by Gasteiger charge is -2.17. The van der Waals surface area contributed by atoms with Gasteiger partial charge in [0.05, 0.1) is 6.04 Å². The van der Waals surface area contributed by atoms with Gasteiger partial charge in [0, 0.05) is 11.0 Å². The topological polar surface area (TPSA) is 38.0 Å². The number of benzene rings is 2. The molecule has 1 atom stereocenters. The summed E-state index contributed by atoms with van der Waals surface area (Å²) in [5.74, 6) is 0. The van der Waals surface area contributed by atoms with Crippen molar-refractivity contribution in [1.29, 1.82) is 0 Å². The predicted molar refractivity (Wildman–Crippen MR) is 79.4 cm³/mol. The molecule has 2 aromatic rings. The summed E-state index contributed by atoms with van der Waals surface area (Å²) in [6.45, 7) is 0.586. The van der Waals surface area contributed by atoms with Gasteiger partial charge in [0.2, 0.25) is 0 Å². The van der Waals surface area contributed by atoms with Crippen molar-refractivity contribution in [3.8, 4) is 0 Å². The van der Waals surface area contributed by atoms with Crippen molar-refractivity contribution in [2.24, 2.45) is 5.73 Å². The van der Waals surface area contributed by atoms with Crippen molar-refractivity contribution in [3.05, 3.63) is 69.7 Å². The first-order chi connectivity index (χ1) is 8.74.